The number of carbonyl (C=O) groups is 2. The number of hydrogen-bond donors (Lipinski definition) is 0. The average molecular weight is 361 g/mol. The average Bonchev–Trinajstić information content (AvgIpc) is 3.13. The van der Waals surface area contributed by atoms with Crippen LogP contribution in [0.3, 0.4) is 0 Å². The molecule has 25 heavy (non-hydrogen) atoms. The van der Waals surface area contributed by atoms with Crippen LogP contribution in [-0.4, -0.2) is 47.8 Å². The van der Waals surface area contributed by atoms with Crippen LogP contribution in [0, 0.1) is 0 Å². The third-order valence-electron chi connectivity index (χ3n) is 4.59. The summed E-state index contributed by atoms with van der Waals surface area (Å²) in [7, 11) is 0. The van der Waals surface area contributed by atoms with Crippen molar-refractivity contribution in [2.75, 3.05) is 26.2 Å². The summed E-state index contributed by atoms with van der Waals surface area (Å²) in [5, 5.41) is 0.642. The highest BCUT2D eigenvalue weighted by molar-refractivity contribution is 6.30. The maximum atomic E-state index is 13.1. The maximum absolute atomic E-state index is 13.1. The Balaban J connectivity index is 1.77. The van der Waals surface area contributed by atoms with Crippen molar-refractivity contribution >= 4 is 23.4 Å². The normalized spacial score (nSPS) is 15.9. The number of amides is 2. The molecule has 3 rings (SSSR count). The number of nitrogens with zero attached hydrogens (tertiary/aromatic N) is 2. The van der Waals surface area contributed by atoms with Crippen LogP contribution in [0.1, 0.15) is 24.2 Å². The van der Waals surface area contributed by atoms with Gasteiger partial charge in [-0.05, 0) is 29.8 Å². The molecule has 0 saturated carbocycles. The van der Waals surface area contributed by atoms with Crippen LogP contribution in [0.2, 0.25) is 5.02 Å². The monoisotopic (exact) mass is 360 g/mol. The molecule has 0 N–H and O–H groups in total. The smallest absolute Gasteiger partial charge is 0.230 e. The Labute approximate surface area is 152 Å². The van der Waals surface area contributed by atoms with Gasteiger partial charge in [-0.25, -0.2) is 0 Å². The van der Waals surface area contributed by atoms with Crippen LogP contribution >= 0.6 is 11.6 Å². The first-order chi connectivity index (χ1) is 12.0. The van der Waals surface area contributed by atoms with Crippen LogP contribution in [0.25, 0.3) is 0 Å². The van der Waals surface area contributed by atoms with Crippen molar-refractivity contribution in [3.8, 4) is 0 Å². The highest BCUT2D eigenvalue weighted by Crippen LogP contribution is 2.26. The van der Waals surface area contributed by atoms with E-state index in [1.165, 1.54) is 0 Å². The van der Waals surface area contributed by atoms with Crippen molar-refractivity contribution in [1.82, 2.24) is 9.80 Å². The van der Waals surface area contributed by atoms with E-state index in [0.717, 1.165) is 11.3 Å². The number of furan rings is 1. The summed E-state index contributed by atoms with van der Waals surface area (Å²) < 4.78 is 5.45. The number of hydrogen-bond acceptors (Lipinski definition) is 3. The van der Waals surface area contributed by atoms with Gasteiger partial charge in [0.25, 0.3) is 0 Å². The topological polar surface area (TPSA) is 53.8 Å². The standard InChI is InChI=1S/C19H21ClN2O3/c1-14(23)21-8-10-22(11-9-21)19(24)18(13-17-3-2-12-25-17)15-4-6-16(20)7-5-15/h2-7,12,18H,8-11,13H2,1H3. The Kier molecular flexibility index (Phi) is 5.43. The lowest BCUT2D eigenvalue weighted by Gasteiger charge is -2.36. The summed E-state index contributed by atoms with van der Waals surface area (Å²) in [5.74, 6) is 0.557. The van der Waals surface area contributed by atoms with Crippen molar-refractivity contribution < 1.29 is 14.0 Å². The molecule has 132 valence electrons. The molecule has 0 aliphatic carbocycles. The van der Waals surface area contributed by atoms with Gasteiger partial charge in [-0.3, -0.25) is 9.59 Å². The first-order valence-electron chi connectivity index (χ1n) is 8.37. The first-order valence-corrected chi connectivity index (χ1v) is 8.74. The molecule has 1 aliphatic heterocycles. The van der Waals surface area contributed by atoms with Gasteiger partial charge in [-0.1, -0.05) is 23.7 Å². The lowest BCUT2D eigenvalue weighted by Crippen LogP contribution is -2.51. The minimum atomic E-state index is -0.327. The summed E-state index contributed by atoms with van der Waals surface area (Å²) in [4.78, 5) is 28.2. The summed E-state index contributed by atoms with van der Waals surface area (Å²) >= 11 is 5.98. The van der Waals surface area contributed by atoms with Gasteiger partial charge in [0.15, 0.2) is 0 Å². The summed E-state index contributed by atoms with van der Waals surface area (Å²) in [6.45, 7) is 3.83. The second-order valence-corrected chi connectivity index (χ2v) is 6.66. The Morgan fingerprint density at radius 3 is 2.28 bits per heavy atom. The molecule has 0 bridgehead atoms. The lowest BCUT2D eigenvalue weighted by molar-refractivity contribution is -0.139. The van der Waals surface area contributed by atoms with Crippen molar-refractivity contribution in [2.24, 2.45) is 0 Å². The van der Waals surface area contributed by atoms with Crippen LogP contribution < -0.4 is 0 Å². The van der Waals surface area contributed by atoms with Crippen LogP contribution in [0.15, 0.2) is 47.1 Å². The van der Waals surface area contributed by atoms with Crippen LogP contribution in [0.5, 0.6) is 0 Å². The van der Waals surface area contributed by atoms with Gasteiger partial charge in [-0.2, -0.15) is 0 Å². The molecule has 5 nitrogen and oxygen atoms in total. The number of piperazine rings is 1. The number of benzene rings is 1. The Bertz CT molecular complexity index is 720. The molecule has 2 heterocycles. The zero-order chi connectivity index (χ0) is 17.8. The van der Waals surface area contributed by atoms with E-state index >= 15 is 0 Å². The number of rotatable bonds is 4. The van der Waals surface area contributed by atoms with E-state index in [1.807, 2.05) is 29.2 Å². The Morgan fingerprint density at radius 2 is 1.72 bits per heavy atom. The fraction of sp³-hybridized carbons (Fsp3) is 0.368. The molecule has 1 unspecified atom stereocenters. The third kappa shape index (κ3) is 4.23. The molecule has 6 heteroatoms. The second-order valence-electron chi connectivity index (χ2n) is 6.22. The lowest BCUT2D eigenvalue weighted by atomic mass is 9.93. The molecule has 1 aliphatic rings. The first kappa shape index (κ1) is 17.5. The predicted octanol–water partition coefficient (Wildman–Crippen LogP) is 2.95. The van der Waals surface area contributed by atoms with Gasteiger partial charge >= 0.3 is 0 Å². The molecular formula is C19H21ClN2O3. The van der Waals surface area contributed by atoms with E-state index < -0.39 is 0 Å². The highest BCUT2D eigenvalue weighted by Gasteiger charge is 2.30. The van der Waals surface area contributed by atoms with Gasteiger partial charge in [0, 0.05) is 44.5 Å². The van der Waals surface area contributed by atoms with Crippen molar-refractivity contribution in [1.29, 1.82) is 0 Å². The van der Waals surface area contributed by atoms with E-state index in [2.05, 4.69) is 0 Å². The summed E-state index contributed by atoms with van der Waals surface area (Å²) in [6.07, 6.45) is 2.12. The van der Waals surface area contributed by atoms with Gasteiger partial charge in [0.1, 0.15) is 5.76 Å². The van der Waals surface area contributed by atoms with E-state index in [-0.39, 0.29) is 17.7 Å². The Morgan fingerprint density at radius 1 is 1.08 bits per heavy atom. The van der Waals surface area contributed by atoms with E-state index in [9.17, 15) is 9.59 Å². The summed E-state index contributed by atoms with van der Waals surface area (Å²) in [5.41, 5.74) is 0.916. The molecule has 1 saturated heterocycles. The molecule has 1 atom stereocenters. The summed E-state index contributed by atoms with van der Waals surface area (Å²) in [6, 6.07) is 11.1. The molecule has 0 radical (unpaired) electrons. The largest absolute Gasteiger partial charge is 0.469 e. The van der Waals surface area contributed by atoms with Gasteiger partial charge in [0.2, 0.25) is 11.8 Å². The van der Waals surface area contributed by atoms with Crippen molar-refractivity contribution in [3.05, 3.63) is 59.0 Å². The quantitative estimate of drug-likeness (QED) is 0.842. The molecule has 1 fully saturated rings. The van der Waals surface area contributed by atoms with E-state index in [0.29, 0.717) is 37.6 Å². The molecular weight excluding hydrogens is 340 g/mol. The fourth-order valence-corrected chi connectivity index (χ4v) is 3.26. The van der Waals surface area contributed by atoms with Crippen LogP contribution in [0.4, 0.5) is 0 Å². The van der Waals surface area contributed by atoms with E-state index in [4.69, 9.17) is 16.0 Å². The minimum absolute atomic E-state index is 0.0527. The van der Waals surface area contributed by atoms with Gasteiger partial charge in [-0.15, -0.1) is 0 Å². The van der Waals surface area contributed by atoms with Gasteiger partial charge in [0.05, 0.1) is 12.2 Å². The van der Waals surface area contributed by atoms with Crippen LogP contribution in [-0.2, 0) is 16.0 Å². The Hall–Kier alpha value is -2.27. The van der Waals surface area contributed by atoms with Gasteiger partial charge < -0.3 is 14.2 Å². The maximum Gasteiger partial charge on any atom is 0.230 e. The molecule has 1 aromatic carbocycles. The molecule has 2 amide bonds. The van der Waals surface area contributed by atoms with Crippen molar-refractivity contribution in [2.45, 2.75) is 19.3 Å². The predicted molar refractivity (Wildman–Crippen MR) is 95.4 cm³/mol. The zero-order valence-electron chi connectivity index (χ0n) is 14.2. The molecule has 2 aromatic rings. The third-order valence-corrected chi connectivity index (χ3v) is 4.84. The minimum Gasteiger partial charge on any atom is -0.469 e. The number of carbonyl (C=O) groups excluding carboxylic acids is 2. The van der Waals surface area contributed by atoms with E-state index in [1.54, 1.807) is 30.2 Å². The van der Waals surface area contributed by atoms with Crippen molar-refractivity contribution in [3.63, 3.8) is 0 Å². The molecule has 1 aromatic heterocycles. The SMILES string of the molecule is CC(=O)N1CCN(C(=O)C(Cc2ccco2)c2ccc(Cl)cc2)CC1. The number of halogens is 1. The highest BCUT2D eigenvalue weighted by atomic mass is 35.5. The fourth-order valence-electron chi connectivity index (χ4n) is 3.13. The second kappa shape index (κ2) is 7.74. The zero-order valence-corrected chi connectivity index (χ0v) is 14.9. The molecule has 0 spiro atoms.